The van der Waals surface area contributed by atoms with Gasteiger partial charge in [0.25, 0.3) is 5.91 Å². The van der Waals surface area contributed by atoms with E-state index in [-0.39, 0.29) is 18.1 Å². The highest BCUT2D eigenvalue weighted by Gasteiger charge is 2.40. The molecule has 2 saturated heterocycles. The van der Waals surface area contributed by atoms with E-state index >= 15 is 0 Å². The van der Waals surface area contributed by atoms with Crippen molar-refractivity contribution in [2.24, 2.45) is 0 Å². The van der Waals surface area contributed by atoms with Crippen LogP contribution in [0.3, 0.4) is 0 Å². The highest BCUT2D eigenvalue weighted by Crippen LogP contribution is 2.24. The third kappa shape index (κ3) is 4.85. The molecule has 0 saturated carbocycles. The number of pyridine rings is 1. The molecule has 2 aliphatic heterocycles. The number of hydrogen-bond acceptors (Lipinski definition) is 5. The smallest absolute Gasteiger partial charge is 0.335 e. The summed E-state index contributed by atoms with van der Waals surface area (Å²) in [5.74, 6) is -0.747. The number of halogens is 3. The third-order valence-electron chi connectivity index (χ3n) is 5.34. The highest BCUT2D eigenvalue weighted by molar-refractivity contribution is 5.92. The van der Waals surface area contributed by atoms with E-state index < -0.39 is 24.7 Å². The van der Waals surface area contributed by atoms with Crippen LogP contribution in [0.5, 0.6) is 0 Å². The molecule has 1 atom stereocenters. The van der Waals surface area contributed by atoms with Gasteiger partial charge >= 0.3 is 6.18 Å². The van der Waals surface area contributed by atoms with Crippen LogP contribution in [0.1, 0.15) is 34.6 Å². The number of hydrogen-bond donors (Lipinski definition) is 0. The second kappa shape index (κ2) is 8.37. The molecule has 2 fully saturated rings. The SMILES string of the molecule is Cc1nc(C(=O)N2CCN([C@@H]3CCCN(CC(F)(F)F)C3=O)CC2)ccc1C#N. The average molecular weight is 409 g/mol. The monoisotopic (exact) mass is 409 g/mol. The Morgan fingerprint density at radius 3 is 2.52 bits per heavy atom. The Labute approximate surface area is 166 Å². The van der Waals surface area contributed by atoms with E-state index in [4.69, 9.17) is 5.26 Å². The average Bonchev–Trinajstić information content (AvgIpc) is 2.68. The number of rotatable bonds is 3. The summed E-state index contributed by atoms with van der Waals surface area (Å²) in [6.07, 6.45) is -3.35. The van der Waals surface area contributed by atoms with Crippen LogP contribution in [0.15, 0.2) is 12.1 Å². The minimum absolute atomic E-state index is 0.122. The van der Waals surface area contributed by atoms with Crippen molar-refractivity contribution < 1.29 is 22.8 Å². The van der Waals surface area contributed by atoms with E-state index in [1.54, 1.807) is 17.9 Å². The topological polar surface area (TPSA) is 80.5 Å². The summed E-state index contributed by atoms with van der Waals surface area (Å²) in [6, 6.07) is 4.50. The predicted octanol–water partition coefficient (Wildman–Crippen LogP) is 1.57. The zero-order chi connectivity index (χ0) is 21.2. The standard InChI is InChI=1S/C19H22F3N5O2/c1-13-14(11-23)4-5-15(24-13)17(28)26-9-7-25(8-10-26)16-3-2-6-27(18(16)29)12-19(20,21)22/h4-5,16H,2-3,6-10,12H2,1H3/t16-/m1/s1. The maximum Gasteiger partial charge on any atom is 0.406 e. The van der Waals surface area contributed by atoms with Gasteiger partial charge in [-0.3, -0.25) is 14.5 Å². The van der Waals surface area contributed by atoms with Crippen molar-refractivity contribution in [2.75, 3.05) is 39.3 Å². The molecule has 2 aliphatic rings. The Morgan fingerprint density at radius 1 is 1.24 bits per heavy atom. The molecule has 1 aromatic rings. The maximum absolute atomic E-state index is 12.7. The molecule has 3 heterocycles. The normalized spacial score (nSPS) is 21.2. The van der Waals surface area contributed by atoms with E-state index in [2.05, 4.69) is 4.98 Å². The van der Waals surface area contributed by atoms with Crippen molar-refractivity contribution in [3.8, 4) is 6.07 Å². The van der Waals surface area contributed by atoms with Crippen molar-refractivity contribution in [1.82, 2.24) is 19.7 Å². The van der Waals surface area contributed by atoms with Gasteiger partial charge in [-0.1, -0.05) is 0 Å². The lowest BCUT2D eigenvalue weighted by Gasteiger charge is -2.42. The molecular weight excluding hydrogens is 387 g/mol. The Morgan fingerprint density at radius 2 is 1.93 bits per heavy atom. The van der Waals surface area contributed by atoms with E-state index in [0.29, 0.717) is 50.3 Å². The van der Waals surface area contributed by atoms with Crippen LogP contribution in [-0.4, -0.2) is 83.0 Å². The second-order valence-corrected chi connectivity index (χ2v) is 7.30. The number of alkyl halides is 3. The summed E-state index contributed by atoms with van der Waals surface area (Å²) in [7, 11) is 0. The number of piperazine rings is 1. The van der Waals surface area contributed by atoms with Gasteiger partial charge in [0.05, 0.1) is 17.3 Å². The molecule has 10 heteroatoms. The first-order valence-corrected chi connectivity index (χ1v) is 9.46. The van der Waals surface area contributed by atoms with Gasteiger partial charge in [0.1, 0.15) is 18.3 Å². The summed E-state index contributed by atoms with van der Waals surface area (Å²) in [4.78, 5) is 33.7. The van der Waals surface area contributed by atoms with Gasteiger partial charge in [-0.05, 0) is 31.9 Å². The number of carbonyl (C=O) groups is 2. The number of nitriles is 1. The van der Waals surface area contributed by atoms with Crippen LogP contribution < -0.4 is 0 Å². The molecule has 156 valence electrons. The fourth-order valence-corrected chi connectivity index (χ4v) is 3.83. The lowest BCUT2D eigenvalue weighted by molar-refractivity contribution is -0.168. The summed E-state index contributed by atoms with van der Waals surface area (Å²) >= 11 is 0. The number of aromatic nitrogens is 1. The molecule has 2 amide bonds. The molecule has 0 unspecified atom stereocenters. The van der Waals surface area contributed by atoms with Gasteiger partial charge in [-0.15, -0.1) is 0 Å². The Kier molecular flexibility index (Phi) is 6.07. The number of nitrogens with zero attached hydrogens (tertiary/aromatic N) is 5. The number of likely N-dealkylation sites (tertiary alicyclic amines) is 1. The second-order valence-electron chi connectivity index (χ2n) is 7.30. The first-order valence-electron chi connectivity index (χ1n) is 9.46. The van der Waals surface area contributed by atoms with Crippen LogP contribution in [0.4, 0.5) is 13.2 Å². The number of carbonyl (C=O) groups excluding carboxylic acids is 2. The minimum atomic E-state index is -4.41. The van der Waals surface area contributed by atoms with Crippen molar-refractivity contribution >= 4 is 11.8 Å². The molecule has 0 spiro atoms. The van der Waals surface area contributed by atoms with Gasteiger partial charge in [0, 0.05) is 32.7 Å². The summed E-state index contributed by atoms with van der Waals surface area (Å²) in [5, 5.41) is 8.97. The first-order chi connectivity index (χ1) is 13.7. The zero-order valence-corrected chi connectivity index (χ0v) is 16.1. The Bertz CT molecular complexity index is 828. The van der Waals surface area contributed by atoms with E-state index in [1.807, 2.05) is 11.0 Å². The Hall–Kier alpha value is -2.67. The van der Waals surface area contributed by atoms with Crippen LogP contribution in [0.2, 0.25) is 0 Å². The van der Waals surface area contributed by atoms with E-state index in [0.717, 1.165) is 4.90 Å². The molecule has 1 aromatic heterocycles. The minimum Gasteiger partial charge on any atom is -0.335 e. The van der Waals surface area contributed by atoms with Gasteiger partial charge in [0.15, 0.2) is 0 Å². The van der Waals surface area contributed by atoms with Crippen molar-refractivity contribution in [2.45, 2.75) is 32.0 Å². The van der Waals surface area contributed by atoms with Crippen LogP contribution in [0.25, 0.3) is 0 Å². The fraction of sp³-hybridized carbons (Fsp3) is 0.579. The van der Waals surface area contributed by atoms with Crippen LogP contribution >= 0.6 is 0 Å². The van der Waals surface area contributed by atoms with Crippen LogP contribution in [0, 0.1) is 18.3 Å². The number of aryl methyl sites for hydroxylation is 1. The lowest BCUT2D eigenvalue weighted by Crippen LogP contribution is -2.59. The molecule has 0 N–H and O–H groups in total. The van der Waals surface area contributed by atoms with Gasteiger partial charge < -0.3 is 9.80 Å². The maximum atomic E-state index is 12.7. The fourth-order valence-electron chi connectivity index (χ4n) is 3.83. The van der Waals surface area contributed by atoms with Crippen molar-refractivity contribution in [3.05, 3.63) is 29.1 Å². The molecular formula is C19H22F3N5O2. The molecule has 0 radical (unpaired) electrons. The highest BCUT2D eigenvalue weighted by atomic mass is 19.4. The molecule has 29 heavy (non-hydrogen) atoms. The third-order valence-corrected chi connectivity index (χ3v) is 5.34. The van der Waals surface area contributed by atoms with E-state index in [9.17, 15) is 22.8 Å². The quantitative estimate of drug-likeness (QED) is 0.757. The predicted molar refractivity (Wildman–Crippen MR) is 96.8 cm³/mol. The van der Waals surface area contributed by atoms with Gasteiger partial charge in [-0.2, -0.15) is 18.4 Å². The zero-order valence-electron chi connectivity index (χ0n) is 16.1. The van der Waals surface area contributed by atoms with Crippen molar-refractivity contribution in [3.63, 3.8) is 0 Å². The van der Waals surface area contributed by atoms with Crippen molar-refractivity contribution in [1.29, 1.82) is 5.26 Å². The van der Waals surface area contributed by atoms with E-state index in [1.165, 1.54) is 6.07 Å². The molecule has 7 nitrogen and oxygen atoms in total. The molecule has 0 bridgehead atoms. The lowest BCUT2D eigenvalue weighted by atomic mass is 10.0. The molecule has 0 aliphatic carbocycles. The summed E-state index contributed by atoms with van der Waals surface area (Å²) < 4.78 is 38.1. The van der Waals surface area contributed by atoms with Crippen LogP contribution in [-0.2, 0) is 4.79 Å². The number of amides is 2. The summed E-state index contributed by atoms with van der Waals surface area (Å²) in [5.41, 5.74) is 1.14. The van der Waals surface area contributed by atoms with Gasteiger partial charge in [0.2, 0.25) is 5.91 Å². The van der Waals surface area contributed by atoms with Gasteiger partial charge in [-0.25, -0.2) is 4.98 Å². The molecule has 0 aromatic carbocycles. The Balaban J connectivity index is 1.60. The molecule has 3 rings (SSSR count). The summed E-state index contributed by atoms with van der Waals surface area (Å²) in [6.45, 7) is 2.12. The largest absolute Gasteiger partial charge is 0.406 e. The first kappa shape index (κ1) is 21.0. The number of piperidine rings is 1.